The molecule has 2 aromatic rings. The standard InChI is InChI=1S/C16H18BrNOS2/c1-2-19-13-4-3-10(7-12(13)17)16(18)15-8-11-9-20-6-5-14(11)21-15/h3-4,7-8,16H,2,5-6,9,18H2,1H3. The number of hydrogen-bond acceptors (Lipinski definition) is 4. The molecule has 0 fully saturated rings. The maximum Gasteiger partial charge on any atom is 0.133 e. The Morgan fingerprint density at radius 1 is 1.38 bits per heavy atom. The van der Waals surface area contributed by atoms with Crippen molar-refractivity contribution >= 4 is 39.0 Å². The van der Waals surface area contributed by atoms with Crippen molar-refractivity contribution in [2.75, 3.05) is 12.4 Å². The quantitative estimate of drug-likeness (QED) is 0.827. The van der Waals surface area contributed by atoms with Crippen molar-refractivity contribution in [1.29, 1.82) is 0 Å². The zero-order valence-corrected chi connectivity index (χ0v) is 15.1. The maximum absolute atomic E-state index is 6.46. The number of aryl methyl sites for hydroxylation is 1. The minimum absolute atomic E-state index is 0.0578. The van der Waals surface area contributed by atoms with E-state index in [0.717, 1.165) is 21.5 Å². The predicted octanol–water partition coefficient (Wildman–Crippen LogP) is 4.75. The zero-order chi connectivity index (χ0) is 14.8. The van der Waals surface area contributed by atoms with E-state index in [1.165, 1.54) is 27.5 Å². The third-order valence-electron chi connectivity index (χ3n) is 3.57. The maximum atomic E-state index is 6.46. The molecule has 2 N–H and O–H groups in total. The van der Waals surface area contributed by atoms with Gasteiger partial charge in [-0.3, -0.25) is 0 Å². The predicted molar refractivity (Wildman–Crippen MR) is 95.5 cm³/mol. The highest BCUT2D eigenvalue weighted by atomic mass is 79.9. The Bertz CT molecular complexity index is 618. The van der Waals surface area contributed by atoms with Gasteiger partial charge in [0, 0.05) is 15.5 Å². The lowest BCUT2D eigenvalue weighted by atomic mass is 10.1. The van der Waals surface area contributed by atoms with Crippen LogP contribution in [0.5, 0.6) is 5.75 Å². The monoisotopic (exact) mass is 383 g/mol. The molecule has 2 heterocycles. The number of halogens is 1. The molecule has 1 aromatic carbocycles. The summed E-state index contributed by atoms with van der Waals surface area (Å²) in [6, 6.07) is 8.36. The molecule has 0 bridgehead atoms. The molecule has 1 aromatic heterocycles. The van der Waals surface area contributed by atoms with Crippen LogP contribution in [0.4, 0.5) is 0 Å². The number of benzene rings is 1. The average molecular weight is 384 g/mol. The average Bonchev–Trinajstić information content (AvgIpc) is 2.92. The molecular weight excluding hydrogens is 366 g/mol. The van der Waals surface area contributed by atoms with E-state index in [2.05, 4.69) is 34.1 Å². The Balaban J connectivity index is 1.86. The smallest absolute Gasteiger partial charge is 0.133 e. The number of nitrogens with two attached hydrogens (primary N) is 1. The first kappa shape index (κ1) is 15.4. The molecular formula is C16H18BrNOS2. The normalized spacial score (nSPS) is 15.6. The van der Waals surface area contributed by atoms with Gasteiger partial charge in [-0.25, -0.2) is 0 Å². The summed E-state index contributed by atoms with van der Waals surface area (Å²) in [7, 11) is 0. The van der Waals surface area contributed by atoms with Crippen LogP contribution in [0.15, 0.2) is 28.7 Å². The molecule has 0 amide bonds. The van der Waals surface area contributed by atoms with Gasteiger partial charge in [0.1, 0.15) is 5.75 Å². The highest BCUT2D eigenvalue weighted by Gasteiger charge is 2.18. The van der Waals surface area contributed by atoms with E-state index in [1.54, 1.807) is 0 Å². The molecule has 0 saturated heterocycles. The van der Waals surface area contributed by atoms with Crippen LogP contribution in [-0.2, 0) is 12.2 Å². The molecule has 2 nitrogen and oxygen atoms in total. The van der Waals surface area contributed by atoms with Crippen molar-refractivity contribution in [3.63, 3.8) is 0 Å². The molecule has 1 aliphatic heterocycles. The van der Waals surface area contributed by atoms with Crippen molar-refractivity contribution in [1.82, 2.24) is 0 Å². The minimum Gasteiger partial charge on any atom is -0.493 e. The van der Waals surface area contributed by atoms with Crippen LogP contribution in [0.2, 0.25) is 0 Å². The highest BCUT2D eigenvalue weighted by molar-refractivity contribution is 9.10. The van der Waals surface area contributed by atoms with Crippen molar-refractivity contribution in [3.05, 3.63) is 49.6 Å². The van der Waals surface area contributed by atoms with Crippen LogP contribution in [0.1, 0.15) is 33.8 Å². The lowest BCUT2D eigenvalue weighted by molar-refractivity contribution is 0.338. The van der Waals surface area contributed by atoms with Crippen molar-refractivity contribution in [2.45, 2.75) is 25.1 Å². The summed E-state index contributed by atoms with van der Waals surface area (Å²) < 4.78 is 6.52. The zero-order valence-electron chi connectivity index (χ0n) is 11.9. The molecule has 0 radical (unpaired) electrons. The number of thioether (sulfide) groups is 1. The number of fused-ring (bicyclic) bond motifs is 1. The first-order valence-electron chi connectivity index (χ1n) is 7.06. The number of thiophene rings is 1. The summed E-state index contributed by atoms with van der Waals surface area (Å²) in [5.74, 6) is 3.23. The molecule has 1 atom stereocenters. The minimum atomic E-state index is -0.0578. The van der Waals surface area contributed by atoms with E-state index in [0.29, 0.717) is 6.61 Å². The van der Waals surface area contributed by atoms with E-state index in [1.807, 2.05) is 36.1 Å². The SMILES string of the molecule is CCOc1ccc(C(N)c2cc3c(s2)CCSC3)cc1Br. The Hall–Kier alpha value is -0.490. The van der Waals surface area contributed by atoms with Gasteiger partial charge in [0.2, 0.25) is 0 Å². The van der Waals surface area contributed by atoms with E-state index in [-0.39, 0.29) is 6.04 Å². The molecule has 112 valence electrons. The van der Waals surface area contributed by atoms with Gasteiger partial charge in [-0.05, 0) is 64.4 Å². The third-order valence-corrected chi connectivity index (χ3v) is 6.52. The summed E-state index contributed by atoms with van der Waals surface area (Å²) in [6.07, 6.45) is 1.18. The van der Waals surface area contributed by atoms with Crippen molar-refractivity contribution < 1.29 is 4.74 Å². The second-order valence-electron chi connectivity index (χ2n) is 5.00. The fourth-order valence-corrected chi connectivity index (χ4v) is 5.39. The van der Waals surface area contributed by atoms with Crippen LogP contribution < -0.4 is 10.5 Å². The van der Waals surface area contributed by atoms with Gasteiger partial charge in [0.05, 0.1) is 17.1 Å². The first-order chi connectivity index (χ1) is 10.2. The number of hydrogen-bond donors (Lipinski definition) is 1. The largest absolute Gasteiger partial charge is 0.493 e. The van der Waals surface area contributed by atoms with Crippen molar-refractivity contribution in [3.8, 4) is 5.75 Å². The van der Waals surface area contributed by atoms with E-state index >= 15 is 0 Å². The second-order valence-corrected chi connectivity index (χ2v) is 8.13. The van der Waals surface area contributed by atoms with Crippen molar-refractivity contribution in [2.24, 2.45) is 5.73 Å². The molecule has 1 unspecified atom stereocenters. The van der Waals surface area contributed by atoms with E-state index in [9.17, 15) is 0 Å². The van der Waals surface area contributed by atoms with Gasteiger partial charge in [0.25, 0.3) is 0 Å². The molecule has 0 aliphatic carbocycles. The van der Waals surface area contributed by atoms with Crippen LogP contribution in [0, 0.1) is 0 Å². The van der Waals surface area contributed by atoms with Gasteiger partial charge in [-0.15, -0.1) is 11.3 Å². The summed E-state index contributed by atoms with van der Waals surface area (Å²) in [5, 5.41) is 0. The summed E-state index contributed by atoms with van der Waals surface area (Å²) in [4.78, 5) is 2.78. The van der Waals surface area contributed by atoms with Crippen LogP contribution >= 0.6 is 39.0 Å². The van der Waals surface area contributed by atoms with Gasteiger partial charge in [-0.2, -0.15) is 11.8 Å². The van der Waals surface area contributed by atoms with Gasteiger partial charge in [-0.1, -0.05) is 6.07 Å². The highest BCUT2D eigenvalue weighted by Crippen LogP contribution is 2.37. The second kappa shape index (κ2) is 6.73. The topological polar surface area (TPSA) is 35.2 Å². The van der Waals surface area contributed by atoms with Gasteiger partial charge in [0.15, 0.2) is 0 Å². The van der Waals surface area contributed by atoms with Gasteiger partial charge >= 0.3 is 0 Å². The van der Waals surface area contributed by atoms with Crippen LogP contribution in [0.25, 0.3) is 0 Å². The third kappa shape index (κ3) is 3.31. The first-order valence-corrected chi connectivity index (χ1v) is 9.82. The number of ether oxygens (including phenoxy) is 1. The summed E-state index contributed by atoms with van der Waals surface area (Å²) >= 11 is 7.45. The Morgan fingerprint density at radius 2 is 2.24 bits per heavy atom. The molecule has 0 spiro atoms. The Morgan fingerprint density at radius 3 is 2.95 bits per heavy atom. The van der Waals surface area contributed by atoms with E-state index in [4.69, 9.17) is 10.5 Å². The molecule has 1 aliphatic rings. The van der Waals surface area contributed by atoms with Crippen LogP contribution in [0.3, 0.4) is 0 Å². The van der Waals surface area contributed by atoms with Crippen LogP contribution in [-0.4, -0.2) is 12.4 Å². The Kier molecular flexibility index (Phi) is 4.94. The fourth-order valence-electron chi connectivity index (χ4n) is 2.47. The lowest BCUT2D eigenvalue weighted by Crippen LogP contribution is -2.10. The number of rotatable bonds is 4. The molecule has 0 saturated carbocycles. The molecule has 3 rings (SSSR count). The Labute approximate surface area is 142 Å². The van der Waals surface area contributed by atoms with Gasteiger partial charge < -0.3 is 10.5 Å². The summed E-state index contributed by atoms with van der Waals surface area (Å²) in [6.45, 7) is 2.65. The molecule has 21 heavy (non-hydrogen) atoms. The fraction of sp³-hybridized carbons (Fsp3) is 0.375. The summed E-state index contributed by atoms with van der Waals surface area (Å²) in [5.41, 5.74) is 9.06. The molecule has 5 heteroatoms. The van der Waals surface area contributed by atoms with E-state index < -0.39 is 0 Å². The lowest BCUT2D eigenvalue weighted by Gasteiger charge is -2.13.